The molecule has 4 aromatic rings. The summed E-state index contributed by atoms with van der Waals surface area (Å²) in [4.78, 5) is 30.3. The summed E-state index contributed by atoms with van der Waals surface area (Å²) < 4.78 is 11.9. The maximum absolute atomic E-state index is 14.4. The molecule has 1 heterocycles. The maximum Gasteiger partial charge on any atom is 0.259 e. The SMILES string of the molecule is COc1ccc([C@H]2C3=C(CC(C)(C)CC3=O)Nc3ccccc3N2C(=O)c2ccccc2)cc1OCc1ccccc1. The minimum absolute atomic E-state index is 0.0278. The lowest BCUT2D eigenvalue weighted by Gasteiger charge is -2.37. The van der Waals surface area contributed by atoms with Gasteiger partial charge in [0, 0.05) is 23.3 Å². The predicted octanol–water partition coefficient (Wildman–Crippen LogP) is 7.73. The van der Waals surface area contributed by atoms with E-state index < -0.39 is 6.04 Å². The minimum atomic E-state index is -0.683. The third-order valence-corrected chi connectivity index (χ3v) is 7.88. The number of methoxy groups -OCH3 is 1. The first-order valence-electron chi connectivity index (χ1n) is 14.2. The lowest BCUT2D eigenvalue weighted by atomic mass is 9.73. The second-order valence-corrected chi connectivity index (χ2v) is 11.6. The van der Waals surface area contributed by atoms with Crippen molar-refractivity contribution in [2.75, 3.05) is 17.3 Å². The molecule has 0 bridgehead atoms. The Morgan fingerprint density at radius 1 is 0.881 bits per heavy atom. The first-order valence-corrected chi connectivity index (χ1v) is 14.2. The molecule has 1 aliphatic carbocycles. The standard InChI is InChI=1S/C36H34N2O4/c1-36(2)21-28-33(30(39)22-36)34(26-18-19-31(41-3)32(20-26)42-23-24-12-6-4-7-13-24)38(29-17-11-10-16-27(29)37-28)35(40)25-14-8-5-9-15-25/h4-20,34,37H,21-23H2,1-3H3/t34-/m0/s1. The van der Waals surface area contributed by atoms with Crippen molar-refractivity contribution in [3.63, 3.8) is 0 Å². The van der Waals surface area contributed by atoms with Gasteiger partial charge in [0.15, 0.2) is 17.3 Å². The van der Waals surface area contributed by atoms with E-state index in [1.807, 2.05) is 103 Å². The third-order valence-electron chi connectivity index (χ3n) is 7.88. The Morgan fingerprint density at radius 3 is 2.31 bits per heavy atom. The zero-order valence-electron chi connectivity index (χ0n) is 24.1. The summed E-state index contributed by atoms with van der Waals surface area (Å²) in [5, 5.41) is 3.58. The van der Waals surface area contributed by atoms with Crippen molar-refractivity contribution in [1.29, 1.82) is 0 Å². The molecule has 42 heavy (non-hydrogen) atoms. The van der Waals surface area contributed by atoms with Gasteiger partial charge in [-0.2, -0.15) is 0 Å². The van der Waals surface area contributed by atoms with Crippen LogP contribution in [0.15, 0.2) is 114 Å². The van der Waals surface area contributed by atoms with E-state index in [2.05, 4.69) is 19.2 Å². The Morgan fingerprint density at radius 2 is 1.57 bits per heavy atom. The number of benzene rings is 4. The van der Waals surface area contributed by atoms with Gasteiger partial charge in [0.25, 0.3) is 5.91 Å². The Hall–Kier alpha value is -4.84. The number of anilines is 2. The van der Waals surface area contributed by atoms with Crippen molar-refractivity contribution < 1.29 is 19.1 Å². The molecule has 1 amide bonds. The number of nitrogens with zero attached hydrogens (tertiary/aromatic N) is 1. The van der Waals surface area contributed by atoms with Crippen molar-refractivity contribution in [2.45, 2.75) is 39.3 Å². The van der Waals surface area contributed by atoms with E-state index in [1.165, 1.54) is 0 Å². The Kier molecular flexibility index (Phi) is 7.29. The van der Waals surface area contributed by atoms with Crippen LogP contribution in [0.5, 0.6) is 11.5 Å². The molecule has 6 rings (SSSR count). The van der Waals surface area contributed by atoms with Crippen LogP contribution in [0, 0.1) is 5.41 Å². The van der Waals surface area contributed by atoms with Crippen LogP contribution in [0.2, 0.25) is 0 Å². The number of para-hydroxylation sites is 2. The van der Waals surface area contributed by atoms with E-state index in [4.69, 9.17) is 9.47 Å². The molecule has 1 atom stereocenters. The average molecular weight is 559 g/mol. The van der Waals surface area contributed by atoms with E-state index in [0.29, 0.717) is 47.8 Å². The lowest BCUT2D eigenvalue weighted by molar-refractivity contribution is -0.118. The van der Waals surface area contributed by atoms with Gasteiger partial charge in [0.05, 0.1) is 24.5 Å². The summed E-state index contributed by atoms with van der Waals surface area (Å²) in [6.45, 7) is 4.57. The molecule has 0 fully saturated rings. The molecule has 2 aliphatic rings. The fourth-order valence-electron chi connectivity index (χ4n) is 5.96. The highest BCUT2D eigenvalue weighted by Crippen LogP contribution is 2.49. The van der Waals surface area contributed by atoms with Gasteiger partial charge in [0.1, 0.15) is 6.61 Å². The lowest BCUT2D eigenvalue weighted by Crippen LogP contribution is -2.39. The number of hydrogen-bond acceptors (Lipinski definition) is 5. The number of allylic oxidation sites excluding steroid dienone is 1. The van der Waals surface area contributed by atoms with E-state index in [9.17, 15) is 9.59 Å². The quantitative estimate of drug-likeness (QED) is 0.262. The summed E-state index contributed by atoms with van der Waals surface area (Å²) in [6.07, 6.45) is 1.07. The van der Waals surface area contributed by atoms with Crippen LogP contribution in [0.1, 0.15) is 54.2 Å². The number of rotatable bonds is 6. The van der Waals surface area contributed by atoms with Crippen LogP contribution in [0.25, 0.3) is 0 Å². The zero-order valence-corrected chi connectivity index (χ0v) is 24.1. The van der Waals surface area contributed by atoms with Crippen molar-refractivity contribution in [1.82, 2.24) is 0 Å². The molecule has 0 saturated heterocycles. The number of carbonyl (C=O) groups excluding carboxylic acids is 2. The Balaban J connectivity index is 1.54. The van der Waals surface area contributed by atoms with Crippen molar-refractivity contribution in [3.8, 4) is 11.5 Å². The van der Waals surface area contributed by atoms with Crippen LogP contribution >= 0.6 is 0 Å². The van der Waals surface area contributed by atoms with Gasteiger partial charge in [-0.05, 0) is 59.4 Å². The fourth-order valence-corrected chi connectivity index (χ4v) is 5.96. The second kappa shape index (κ2) is 11.2. The Labute approximate surface area is 246 Å². The summed E-state index contributed by atoms with van der Waals surface area (Å²) in [6, 6.07) is 31.9. The highest BCUT2D eigenvalue weighted by Gasteiger charge is 2.43. The molecular formula is C36H34N2O4. The van der Waals surface area contributed by atoms with Gasteiger partial charge in [-0.15, -0.1) is 0 Å². The van der Waals surface area contributed by atoms with Crippen molar-refractivity contribution in [2.24, 2.45) is 5.41 Å². The van der Waals surface area contributed by atoms with E-state index in [-0.39, 0.29) is 17.1 Å². The Bertz CT molecular complexity index is 1660. The molecule has 0 unspecified atom stereocenters. The molecule has 0 spiro atoms. The molecule has 0 aromatic heterocycles. The molecule has 0 radical (unpaired) electrons. The molecular weight excluding hydrogens is 524 g/mol. The normalized spacial score (nSPS) is 17.5. The van der Waals surface area contributed by atoms with Gasteiger partial charge < -0.3 is 14.8 Å². The van der Waals surface area contributed by atoms with E-state index >= 15 is 0 Å². The third kappa shape index (κ3) is 5.28. The first-order chi connectivity index (χ1) is 20.3. The van der Waals surface area contributed by atoms with Gasteiger partial charge in [-0.3, -0.25) is 14.5 Å². The number of hydrogen-bond donors (Lipinski definition) is 1. The number of Topliss-reactive ketones (excluding diaryl/α,β-unsaturated/α-hetero) is 1. The van der Waals surface area contributed by atoms with Gasteiger partial charge in [-0.25, -0.2) is 0 Å². The number of ether oxygens (including phenoxy) is 2. The largest absolute Gasteiger partial charge is 0.493 e. The van der Waals surface area contributed by atoms with Crippen LogP contribution in [-0.2, 0) is 11.4 Å². The average Bonchev–Trinajstić information content (AvgIpc) is 3.14. The van der Waals surface area contributed by atoms with Gasteiger partial charge >= 0.3 is 0 Å². The van der Waals surface area contributed by atoms with Gasteiger partial charge in [-0.1, -0.05) is 80.6 Å². The molecule has 6 heteroatoms. The van der Waals surface area contributed by atoms with E-state index in [0.717, 1.165) is 22.5 Å². The topological polar surface area (TPSA) is 67.9 Å². The number of fused-ring (bicyclic) bond motifs is 1. The van der Waals surface area contributed by atoms with E-state index in [1.54, 1.807) is 12.0 Å². The maximum atomic E-state index is 14.4. The van der Waals surface area contributed by atoms with Crippen LogP contribution in [0.3, 0.4) is 0 Å². The number of nitrogens with one attached hydrogen (secondary N) is 1. The molecule has 6 nitrogen and oxygen atoms in total. The number of carbonyl (C=O) groups is 2. The molecule has 0 saturated carbocycles. The number of amides is 1. The fraction of sp³-hybridized carbons (Fsp3) is 0.222. The molecule has 4 aromatic carbocycles. The molecule has 1 aliphatic heterocycles. The first kappa shape index (κ1) is 27.3. The smallest absolute Gasteiger partial charge is 0.259 e. The van der Waals surface area contributed by atoms with Crippen molar-refractivity contribution in [3.05, 3.63) is 131 Å². The number of ketones is 1. The van der Waals surface area contributed by atoms with Gasteiger partial charge in [0.2, 0.25) is 0 Å². The zero-order chi connectivity index (χ0) is 29.3. The summed E-state index contributed by atoms with van der Waals surface area (Å²) in [5.41, 5.74) is 5.06. The monoisotopic (exact) mass is 558 g/mol. The van der Waals surface area contributed by atoms with Crippen molar-refractivity contribution >= 4 is 23.1 Å². The predicted molar refractivity (Wildman–Crippen MR) is 165 cm³/mol. The minimum Gasteiger partial charge on any atom is -0.493 e. The summed E-state index contributed by atoms with van der Waals surface area (Å²) >= 11 is 0. The highest BCUT2D eigenvalue weighted by molar-refractivity contribution is 6.12. The summed E-state index contributed by atoms with van der Waals surface area (Å²) in [7, 11) is 1.61. The molecule has 1 N–H and O–H groups in total. The van der Waals surface area contributed by atoms with Crippen LogP contribution < -0.4 is 19.7 Å². The van der Waals surface area contributed by atoms with Crippen LogP contribution in [0.4, 0.5) is 11.4 Å². The second-order valence-electron chi connectivity index (χ2n) is 11.6. The molecule has 212 valence electrons. The van der Waals surface area contributed by atoms with Crippen LogP contribution in [-0.4, -0.2) is 18.8 Å². The summed E-state index contributed by atoms with van der Waals surface area (Å²) in [5.74, 6) is 0.957. The highest BCUT2D eigenvalue weighted by atomic mass is 16.5.